The first-order chi connectivity index (χ1) is 12.9. The van der Waals surface area contributed by atoms with Crippen molar-refractivity contribution in [3.63, 3.8) is 0 Å². The minimum atomic E-state index is -3.73. The molecule has 1 heterocycles. The summed E-state index contributed by atoms with van der Waals surface area (Å²) >= 11 is 0. The van der Waals surface area contributed by atoms with Gasteiger partial charge in [0.05, 0.1) is 30.8 Å². The number of carbonyl (C=O) groups is 1. The van der Waals surface area contributed by atoms with Gasteiger partial charge in [0.25, 0.3) is 10.1 Å². The third-order valence-electron chi connectivity index (χ3n) is 4.27. The van der Waals surface area contributed by atoms with Crippen molar-refractivity contribution >= 4 is 16.2 Å². The summed E-state index contributed by atoms with van der Waals surface area (Å²) in [5, 5.41) is 8.88. The summed E-state index contributed by atoms with van der Waals surface area (Å²) in [6.07, 6.45) is 1.02. The van der Waals surface area contributed by atoms with Crippen LogP contribution >= 0.6 is 0 Å². The number of nitrogens with zero attached hydrogens (tertiary/aromatic N) is 1. The second kappa shape index (κ2) is 10.6. The lowest BCUT2D eigenvalue weighted by Crippen LogP contribution is -2.40. The molecule has 0 unspecified atom stereocenters. The van der Waals surface area contributed by atoms with E-state index in [2.05, 4.69) is 0 Å². The number of ether oxygens (including phenoxy) is 2. The summed E-state index contributed by atoms with van der Waals surface area (Å²) in [6.45, 7) is 4.15. The first-order valence-electron chi connectivity index (χ1n) is 9.02. The average Bonchev–Trinajstić information content (AvgIpc) is 2.64. The lowest BCUT2D eigenvalue weighted by Gasteiger charge is -2.29. The molecule has 1 fully saturated rings. The van der Waals surface area contributed by atoms with Crippen LogP contribution < -0.4 is 0 Å². The number of carboxylic acid groups (broad SMARTS) is 1. The number of hydrogen-bond donors (Lipinski definition) is 1. The Morgan fingerprint density at radius 2 is 1.78 bits per heavy atom. The van der Waals surface area contributed by atoms with Gasteiger partial charge < -0.3 is 19.5 Å². The van der Waals surface area contributed by atoms with Crippen molar-refractivity contribution in [1.29, 1.82) is 0 Å². The molecule has 27 heavy (non-hydrogen) atoms. The van der Waals surface area contributed by atoms with Crippen molar-refractivity contribution in [3.05, 3.63) is 29.8 Å². The molecule has 1 aromatic carbocycles. The molecule has 9 heteroatoms. The third kappa shape index (κ3) is 7.45. The summed E-state index contributed by atoms with van der Waals surface area (Å²) in [4.78, 5) is 12.4. The number of rotatable bonds is 10. The van der Waals surface area contributed by atoms with Gasteiger partial charge in [-0.25, -0.2) is 4.79 Å². The van der Waals surface area contributed by atoms with Crippen LogP contribution in [0.5, 0.6) is 0 Å². The van der Waals surface area contributed by atoms with Gasteiger partial charge in [0, 0.05) is 19.7 Å². The first-order valence-corrected chi connectivity index (χ1v) is 10.4. The van der Waals surface area contributed by atoms with Crippen LogP contribution in [-0.2, 0) is 23.8 Å². The fourth-order valence-electron chi connectivity index (χ4n) is 2.69. The topological polar surface area (TPSA) is 102 Å². The average molecular weight is 401 g/mol. The van der Waals surface area contributed by atoms with Crippen LogP contribution in [0, 0.1) is 6.92 Å². The summed E-state index contributed by atoms with van der Waals surface area (Å²) in [5.74, 6) is 0. The van der Waals surface area contributed by atoms with E-state index in [9.17, 15) is 13.2 Å². The van der Waals surface area contributed by atoms with E-state index in [1.54, 1.807) is 12.1 Å². The highest BCUT2D eigenvalue weighted by Gasteiger charge is 2.22. The van der Waals surface area contributed by atoms with Crippen LogP contribution in [0.1, 0.15) is 24.8 Å². The Hall–Kier alpha value is -1.68. The van der Waals surface area contributed by atoms with E-state index in [-0.39, 0.29) is 17.6 Å². The summed E-state index contributed by atoms with van der Waals surface area (Å²) in [5.41, 5.74) is 0.983. The molecule has 0 saturated carbocycles. The zero-order valence-electron chi connectivity index (χ0n) is 15.5. The Labute approximate surface area is 160 Å². The van der Waals surface area contributed by atoms with Crippen molar-refractivity contribution in [3.8, 4) is 0 Å². The van der Waals surface area contributed by atoms with E-state index in [4.69, 9.17) is 18.8 Å². The molecule has 8 nitrogen and oxygen atoms in total. The lowest BCUT2D eigenvalue weighted by atomic mass is 10.1. The summed E-state index contributed by atoms with van der Waals surface area (Å²) in [7, 11) is -3.73. The fourth-order valence-corrected chi connectivity index (χ4v) is 3.63. The maximum Gasteiger partial charge on any atom is 0.407 e. The number of piperidine rings is 1. The number of amides is 1. The summed E-state index contributed by atoms with van der Waals surface area (Å²) < 4.78 is 40.1. The molecule has 1 aliphatic heterocycles. The molecule has 1 N–H and O–H groups in total. The quantitative estimate of drug-likeness (QED) is 0.474. The van der Waals surface area contributed by atoms with Crippen molar-refractivity contribution < 1.29 is 32.0 Å². The predicted molar refractivity (Wildman–Crippen MR) is 98.3 cm³/mol. The van der Waals surface area contributed by atoms with Crippen LogP contribution in [0.2, 0.25) is 0 Å². The van der Waals surface area contributed by atoms with Crippen LogP contribution in [0.15, 0.2) is 29.2 Å². The van der Waals surface area contributed by atoms with Gasteiger partial charge >= 0.3 is 6.09 Å². The van der Waals surface area contributed by atoms with Gasteiger partial charge in [0.2, 0.25) is 0 Å². The van der Waals surface area contributed by atoms with Crippen molar-refractivity contribution in [1.82, 2.24) is 4.90 Å². The molecule has 0 bridgehead atoms. The van der Waals surface area contributed by atoms with Crippen LogP contribution in [0.25, 0.3) is 0 Å². The predicted octanol–water partition coefficient (Wildman–Crippen LogP) is 2.27. The molecular formula is C18H27NO7S. The smallest absolute Gasteiger partial charge is 0.407 e. The highest BCUT2D eigenvalue weighted by molar-refractivity contribution is 7.86. The van der Waals surface area contributed by atoms with Crippen LogP contribution in [-0.4, -0.2) is 70.1 Å². The SMILES string of the molecule is Cc1ccc(S(=O)(=O)OCCCOCCOC2CCN(C(=O)O)CC2)cc1. The van der Waals surface area contributed by atoms with Gasteiger partial charge in [-0.15, -0.1) is 0 Å². The fraction of sp³-hybridized carbons (Fsp3) is 0.611. The van der Waals surface area contributed by atoms with E-state index >= 15 is 0 Å². The molecule has 0 aromatic heterocycles. The highest BCUT2D eigenvalue weighted by Crippen LogP contribution is 2.14. The van der Waals surface area contributed by atoms with Crippen molar-refractivity contribution in [2.75, 3.05) is 39.5 Å². The maximum absolute atomic E-state index is 12.0. The van der Waals surface area contributed by atoms with Crippen molar-refractivity contribution in [2.45, 2.75) is 37.2 Å². The normalized spacial score (nSPS) is 15.8. The molecular weight excluding hydrogens is 374 g/mol. The van der Waals surface area contributed by atoms with E-state index < -0.39 is 16.2 Å². The highest BCUT2D eigenvalue weighted by atomic mass is 32.2. The molecule has 1 aromatic rings. The molecule has 152 valence electrons. The second-order valence-corrected chi connectivity index (χ2v) is 8.01. The molecule has 0 atom stereocenters. The van der Waals surface area contributed by atoms with E-state index in [1.165, 1.54) is 17.0 Å². The second-order valence-electron chi connectivity index (χ2n) is 6.39. The molecule has 1 aliphatic rings. The molecule has 0 aliphatic carbocycles. The molecule has 1 saturated heterocycles. The number of hydrogen-bond acceptors (Lipinski definition) is 6. The Bertz CT molecular complexity index is 682. The molecule has 1 amide bonds. The largest absolute Gasteiger partial charge is 0.465 e. The Balaban J connectivity index is 1.50. The monoisotopic (exact) mass is 401 g/mol. The minimum absolute atomic E-state index is 0.0602. The minimum Gasteiger partial charge on any atom is -0.465 e. The van der Waals surface area contributed by atoms with Gasteiger partial charge in [0.15, 0.2) is 0 Å². The molecule has 0 spiro atoms. The van der Waals surface area contributed by atoms with E-state index in [0.717, 1.165) is 5.56 Å². The first kappa shape index (κ1) is 21.6. The zero-order valence-corrected chi connectivity index (χ0v) is 16.3. The van der Waals surface area contributed by atoms with Crippen LogP contribution in [0.4, 0.5) is 4.79 Å². The number of benzene rings is 1. The van der Waals surface area contributed by atoms with Gasteiger partial charge in [-0.05, 0) is 38.3 Å². The molecule has 2 rings (SSSR count). The lowest BCUT2D eigenvalue weighted by molar-refractivity contribution is -0.0211. The van der Waals surface area contributed by atoms with Gasteiger partial charge in [-0.1, -0.05) is 17.7 Å². The maximum atomic E-state index is 12.0. The van der Waals surface area contributed by atoms with Gasteiger partial charge in [0.1, 0.15) is 0 Å². The third-order valence-corrected chi connectivity index (χ3v) is 5.60. The Morgan fingerprint density at radius 1 is 1.11 bits per heavy atom. The number of likely N-dealkylation sites (tertiary alicyclic amines) is 1. The Morgan fingerprint density at radius 3 is 2.41 bits per heavy atom. The zero-order chi connectivity index (χ0) is 19.7. The van der Waals surface area contributed by atoms with Crippen LogP contribution in [0.3, 0.4) is 0 Å². The van der Waals surface area contributed by atoms with Crippen molar-refractivity contribution in [2.24, 2.45) is 0 Å². The van der Waals surface area contributed by atoms with E-state index in [0.29, 0.717) is 52.2 Å². The van der Waals surface area contributed by atoms with Gasteiger partial charge in [-0.3, -0.25) is 4.18 Å². The van der Waals surface area contributed by atoms with Gasteiger partial charge in [-0.2, -0.15) is 8.42 Å². The molecule has 0 radical (unpaired) electrons. The Kier molecular flexibility index (Phi) is 8.49. The number of aryl methyl sites for hydroxylation is 1. The van der Waals surface area contributed by atoms with E-state index in [1.807, 2.05) is 6.92 Å². The standard InChI is InChI=1S/C18H27NO7S/c1-15-3-5-17(6-4-15)27(22,23)26-12-2-11-24-13-14-25-16-7-9-19(10-8-16)18(20)21/h3-6,16H,2,7-14H2,1H3,(H,20,21). The summed E-state index contributed by atoms with van der Waals surface area (Å²) in [6, 6.07) is 6.51.